The van der Waals surface area contributed by atoms with Gasteiger partial charge in [-0.25, -0.2) is 0 Å². The number of hydrogen-bond acceptors (Lipinski definition) is 3. The zero-order valence-corrected chi connectivity index (χ0v) is 12.2. The lowest BCUT2D eigenvalue weighted by atomic mass is 10.1. The van der Waals surface area contributed by atoms with Crippen LogP contribution >= 0.6 is 0 Å². The summed E-state index contributed by atoms with van der Waals surface area (Å²) in [7, 11) is 0. The first-order valence-electron chi connectivity index (χ1n) is 6.55. The molecule has 0 radical (unpaired) electrons. The molecule has 116 valence electrons. The van der Waals surface area contributed by atoms with Gasteiger partial charge in [-0.3, -0.25) is 4.68 Å². The van der Waals surface area contributed by atoms with Crippen LogP contribution in [0.4, 0.5) is 13.2 Å². The molecule has 0 spiro atoms. The third-order valence-corrected chi connectivity index (χ3v) is 2.78. The van der Waals surface area contributed by atoms with Gasteiger partial charge in [0.2, 0.25) is 0 Å². The topological polar surface area (TPSA) is 43.0 Å². The molecule has 0 aromatic carbocycles. The van der Waals surface area contributed by atoms with Crippen molar-refractivity contribution < 1.29 is 17.6 Å². The van der Waals surface area contributed by atoms with Crippen LogP contribution in [-0.4, -0.2) is 15.3 Å². The van der Waals surface area contributed by atoms with Gasteiger partial charge in [-0.05, 0) is 32.9 Å². The Hall–Kier alpha value is -1.76. The molecule has 1 N–H and O–H groups in total. The van der Waals surface area contributed by atoms with Crippen molar-refractivity contribution in [1.29, 1.82) is 0 Å². The van der Waals surface area contributed by atoms with Gasteiger partial charge in [-0.15, -0.1) is 0 Å². The summed E-state index contributed by atoms with van der Waals surface area (Å²) in [4.78, 5) is 0. The Morgan fingerprint density at radius 1 is 1.29 bits per heavy atom. The van der Waals surface area contributed by atoms with E-state index in [0.29, 0.717) is 12.3 Å². The number of hydrogen-bond donors (Lipinski definition) is 1. The zero-order chi connectivity index (χ0) is 15.7. The van der Waals surface area contributed by atoms with Gasteiger partial charge in [-0.1, -0.05) is 0 Å². The number of nitrogens with zero attached hydrogens (tertiary/aromatic N) is 2. The molecule has 2 aromatic heterocycles. The van der Waals surface area contributed by atoms with Gasteiger partial charge in [0.15, 0.2) is 5.69 Å². The molecular formula is C14H18F3N3O. The molecule has 0 atom stereocenters. The minimum Gasteiger partial charge on any atom is -0.467 e. The number of furan rings is 1. The molecule has 2 rings (SSSR count). The summed E-state index contributed by atoms with van der Waals surface area (Å²) >= 11 is 0. The lowest BCUT2D eigenvalue weighted by Crippen LogP contribution is -2.34. The lowest BCUT2D eigenvalue weighted by Gasteiger charge is -2.19. The Morgan fingerprint density at radius 2 is 2.00 bits per heavy atom. The van der Waals surface area contributed by atoms with Crippen LogP contribution in [-0.2, 0) is 19.3 Å². The van der Waals surface area contributed by atoms with E-state index in [1.54, 1.807) is 6.26 Å². The maximum absolute atomic E-state index is 12.4. The average molecular weight is 301 g/mol. The maximum atomic E-state index is 12.4. The highest BCUT2D eigenvalue weighted by atomic mass is 19.4. The first-order valence-corrected chi connectivity index (χ1v) is 6.55. The van der Waals surface area contributed by atoms with Gasteiger partial charge < -0.3 is 9.73 Å². The predicted octanol–water partition coefficient (Wildman–Crippen LogP) is 3.43. The molecule has 0 saturated heterocycles. The predicted molar refractivity (Wildman–Crippen MR) is 71.6 cm³/mol. The number of halogens is 3. The van der Waals surface area contributed by atoms with Crippen LogP contribution in [0, 0.1) is 0 Å². The molecule has 0 amide bonds. The van der Waals surface area contributed by atoms with Crippen LogP contribution in [0.25, 0.3) is 0 Å². The summed E-state index contributed by atoms with van der Waals surface area (Å²) in [6.07, 6.45) is -1.53. The standard InChI is InChI=1S/C14H18F3N3O/c1-13(2,3)18-7-10-6-11(21-9-10)8-20-5-4-12(19-20)14(15,16)17/h4-6,9,18H,7-8H2,1-3H3. The van der Waals surface area contributed by atoms with Crippen molar-refractivity contribution in [3.63, 3.8) is 0 Å². The fourth-order valence-electron chi connectivity index (χ4n) is 1.73. The summed E-state index contributed by atoms with van der Waals surface area (Å²) < 4.78 is 43.9. The normalized spacial score (nSPS) is 12.9. The molecule has 7 heteroatoms. The van der Waals surface area contributed by atoms with Crippen LogP contribution in [0.5, 0.6) is 0 Å². The van der Waals surface area contributed by atoms with Crippen molar-refractivity contribution >= 4 is 0 Å². The van der Waals surface area contributed by atoms with E-state index < -0.39 is 11.9 Å². The second-order valence-electron chi connectivity index (χ2n) is 5.92. The molecule has 0 saturated carbocycles. The molecular weight excluding hydrogens is 283 g/mol. The van der Waals surface area contributed by atoms with Crippen molar-refractivity contribution in [2.24, 2.45) is 0 Å². The summed E-state index contributed by atoms with van der Waals surface area (Å²) in [6, 6.07) is 2.76. The number of nitrogens with one attached hydrogen (secondary N) is 1. The monoisotopic (exact) mass is 301 g/mol. The van der Waals surface area contributed by atoms with Gasteiger partial charge in [0.25, 0.3) is 0 Å². The largest absolute Gasteiger partial charge is 0.467 e. The number of aromatic nitrogens is 2. The highest BCUT2D eigenvalue weighted by Crippen LogP contribution is 2.27. The van der Waals surface area contributed by atoms with E-state index in [1.165, 1.54) is 10.9 Å². The van der Waals surface area contributed by atoms with E-state index in [9.17, 15) is 13.2 Å². The van der Waals surface area contributed by atoms with E-state index in [1.807, 2.05) is 6.07 Å². The second-order valence-corrected chi connectivity index (χ2v) is 5.92. The minimum atomic E-state index is -4.42. The van der Waals surface area contributed by atoms with Crippen LogP contribution in [0.15, 0.2) is 29.0 Å². The van der Waals surface area contributed by atoms with Crippen LogP contribution in [0.2, 0.25) is 0 Å². The zero-order valence-electron chi connectivity index (χ0n) is 12.2. The van der Waals surface area contributed by atoms with Crippen LogP contribution in [0.3, 0.4) is 0 Å². The second kappa shape index (κ2) is 5.55. The first-order chi connectivity index (χ1) is 9.63. The Balaban J connectivity index is 1.98. The molecule has 0 fully saturated rings. The van der Waals surface area contributed by atoms with Gasteiger partial charge in [0, 0.05) is 23.8 Å². The van der Waals surface area contributed by atoms with Crippen molar-refractivity contribution in [1.82, 2.24) is 15.1 Å². The Morgan fingerprint density at radius 3 is 2.57 bits per heavy atom. The van der Waals surface area contributed by atoms with E-state index in [4.69, 9.17) is 4.42 Å². The van der Waals surface area contributed by atoms with Gasteiger partial charge in [-0.2, -0.15) is 18.3 Å². The quantitative estimate of drug-likeness (QED) is 0.941. The van der Waals surface area contributed by atoms with Crippen LogP contribution in [0.1, 0.15) is 37.8 Å². The van der Waals surface area contributed by atoms with Crippen molar-refractivity contribution in [2.75, 3.05) is 0 Å². The third-order valence-electron chi connectivity index (χ3n) is 2.78. The van der Waals surface area contributed by atoms with Crippen LogP contribution < -0.4 is 5.32 Å². The Labute approximate surface area is 120 Å². The maximum Gasteiger partial charge on any atom is 0.435 e. The lowest BCUT2D eigenvalue weighted by molar-refractivity contribution is -0.141. The number of rotatable bonds is 4. The van der Waals surface area contributed by atoms with Gasteiger partial charge in [0.1, 0.15) is 5.76 Å². The first kappa shape index (κ1) is 15.6. The summed E-state index contributed by atoms with van der Waals surface area (Å²) in [5.41, 5.74) is 0.0351. The smallest absolute Gasteiger partial charge is 0.435 e. The summed E-state index contributed by atoms with van der Waals surface area (Å²) in [5, 5.41) is 6.80. The van der Waals surface area contributed by atoms with E-state index in [0.717, 1.165) is 11.6 Å². The molecule has 0 aliphatic heterocycles. The van der Waals surface area contributed by atoms with Gasteiger partial charge >= 0.3 is 6.18 Å². The Bertz CT molecular complexity index is 593. The number of alkyl halides is 3. The molecule has 0 bridgehead atoms. The highest BCUT2D eigenvalue weighted by molar-refractivity contribution is 5.14. The van der Waals surface area contributed by atoms with Gasteiger partial charge in [0.05, 0.1) is 12.8 Å². The fourth-order valence-corrected chi connectivity index (χ4v) is 1.73. The van der Waals surface area contributed by atoms with E-state index >= 15 is 0 Å². The highest BCUT2D eigenvalue weighted by Gasteiger charge is 2.33. The van der Waals surface area contributed by atoms with Crippen molar-refractivity contribution in [3.8, 4) is 0 Å². The molecule has 0 aliphatic rings. The molecule has 0 unspecified atom stereocenters. The Kier molecular flexibility index (Phi) is 4.13. The van der Waals surface area contributed by atoms with E-state index in [-0.39, 0.29) is 12.1 Å². The molecule has 21 heavy (non-hydrogen) atoms. The SMILES string of the molecule is CC(C)(C)NCc1coc(Cn2ccc(C(F)(F)F)n2)c1. The van der Waals surface area contributed by atoms with Crippen molar-refractivity contribution in [3.05, 3.63) is 41.6 Å². The molecule has 2 heterocycles. The molecule has 4 nitrogen and oxygen atoms in total. The van der Waals surface area contributed by atoms with Crippen molar-refractivity contribution in [2.45, 2.75) is 45.6 Å². The summed E-state index contributed by atoms with van der Waals surface area (Å²) in [6.45, 7) is 6.97. The van der Waals surface area contributed by atoms with E-state index in [2.05, 4.69) is 31.2 Å². The fraction of sp³-hybridized carbons (Fsp3) is 0.500. The minimum absolute atomic E-state index is 0.0129. The molecule has 2 aromatic rings. The third kappa shape index (κ3) is 4.63. The average Bonchev–Trinajstić information content (AvgIpc) is 2.94. The molecule has 0 aliphatic carbocycles. The summed E-state index contributed by atoms with van der Waals surface area (Å²) in [5.74, 6) is 0.567.